The lowest BCUT2D eigenvalue weighted by atomic mass is 9.94. The molecule has 3 aromatic carbocycles. The third-order valence-electron chi connectivity index (χ3n) is 7.39. The van der Waals surface area contributed by atoms with Gasteiger partial charge in [-0.05, 0) is 63.2 Å². The number of carbonyl (C=O) groups is 1. The number of methoxy groups -OCH3 is 1. The van der Waals surface area contributed by atoms with Crippen LogP contribution in [0.5, 0.6) is 11.5 Å². The van der Waals surface area contributed by atoms with E-state index in [9.17, 15) is 9.59 Å². The molecule has 0 spiro atoms. The van der Waals surface area contributed by atoms with Crippen LogP contribution in [-0.2, 0) is 11.4 Å². The molecule has 7 nitrogen and oxygen atoms in total. The Hall–Kier alpha value is -3.56. The van der Waals surface area contributed by atoms with Crippen molar-refractivity contribution in [3.63, 3.8) is 0 Å². The topological polar surface area (TPSA) is 73.1 Å². The Morgan fingerprint density at radius 2 is 1.73 bits per heavy atom. The van der Waals surface area contributed by atoms with E-state index in [-0.39, 0.29) is 18.1 Å². The van der Waals surface area contributed by atoms with Gasteiger partial charge in [-0.15, -0.1) is 0 Å². The fourth-order valence-corrected chi connectivity index (χ4v) is 6.84. The maximum absolute atomic E-state index is 14.2. The van der Waals surface area contributed by atoms with Crippen LogP contribution in [-0.4, -0.2) is 35.6 Å². The molecule has 0 fully saturated rings. The number of nitrogens with zero attached hydrogens (tertiary/aromatic N) is 3. The second-order valence-corrected chi connectivity index (χ2v) is 12.3. The number of rotatable bonds is 9. The van der Waals surface area contributed by atoms with Gasteiger partial charge in [0.05, 0.1) is 22.9 Å². The largest absolute Gasteiger partial charge is 0.496 e. The smallest absolute Gasteiger partial charge is 0.271 e. The van der Waals surface area contributed by atoms with E-state index in [2.05, 4.69) is 0 Å². The highest BCUT2D eigenvalue weighted by atomic mass is 35.5. The predicted molar refractivity (Wildman–Crippen MR) is 177 cm³/mol. The number of hydrogen-bond acceptors (Lipinski definition) is 6. The number of fused-ring (bicyclic) bond motifs is 1. The van der Waals surface area contributed by atoms with Crippen molar-refractivity contribution in [2.75, 3.05) is 20.2 Å². The molecule has 1 aromatic heterocycles. The Morgan fingerprint density at radius 3 is 2.43 bits per heavy atom. The molecule has 2 heterocycles. The van der Waals surface area contributed by atoms with E-state index in [1.807, 2.05) is 38.1 Å². The third-order valence-corrected chi connectivity index (χ3v) is 9.20. The van der Waals surface area contributed by atoms with Gasteiger partial charge in [0.1, 0.15) is 24.1 Å². The van der Waals surface area contributed by atoms with Crippen molar-refractivity contribution in [2.45, 2.75) is 33.4 Å². The molecule has 228 valence electrons. The summed E-state index contributed by atoms with van der Waals surface area (Å²) in [6, 6.07) is 17.1. The number of carbonyl (C=O) groups excluding carboxylic acids is 1. The fraction of sp³-hybridized carbons (Fsp3) is 0.242. The molecule has 0 aliphatic carbocycles. The molecule has 0 N–H and O–H groups in total. The minimum absolute atomic E-state index is 0.173. The van der Waals surface area contributed by atoms with Crippen LogP contribution in [0, 0.1) is 0 Å². The van der Waals surface area contributed by atoms with E-state index in [0.717, 1.165) is 5.56 Å². The molecule has 11 heteroatoms. The third kappa shape index (κ3) is 6.31. The first-order valence-corrected chi connectivity index (χ1v) is 15.9. The lowest BCUT2D eigenvalue weighted by Gasteiger charge is -2.29. The van der Waals surface area contributed by atoms with E-state index in [4.69, 9.17) is 49.3 Å². The first-order chi connectivity index (χ1) is 21.2. The van der Waals surface area contributed by atoms with Crippen molar-refractivity contribution in [3.8, 4) is 11.5 Å². The van der Waals surface area contributed by atoms with Crippen molar-refractivity contribution in [2.24, 2.45) is 4.99 Å². The van der Waals surface area contributed by atoms with Crippen molar-refractivity contribution in [1.29, 1.82) is 0 Å². The molecule has 1 aliphatic rings. The predicted octanol–water partition coefficient (Wildman–Crippen LogP) is 6.65. The highest BCUT2D eigenvalue weighted by Gasteiger charge is 2.35. The number of ether oxygens (including phenoxy) is 2. The Kier molecular flexibility index (Phi) is 9.85. The number of para-hydroxylation sites is 1. The molecule has 0 bridgehead atoms. The van der Waals surface area contributed by atoms with E-state index in [1.165, 1.54) is 11.3 Å². The Morgan fingerprint density at radius 1 is 1.02 bits per heavy atom. The SMILES string of the molecule is CCN(CC)C(=O)C1=C(C)N=c2s/c(=C/c3cc(Cl)ccc3OCc3ccc(Cl)cc3Cl)c(=O)n2[C@H]1c1ccccc1OC. The van der Waals surface area contributed by atoms with Crippen molar-refractivity contribution < 1.29 is 14.3 Å². The highest BCUT2D eigenvalue weighted by molar-refractivity contribution is 7.07. The zero-order valence-electron chi connectivity index (χ0n) is 24.6. The van der Waals surface area contributed by atoms with Gasteiger partial charge >= 0.3 is 0 Å². The molecular formula is C33H30Cl3N3O4S. The van der Waals surface area contributed by atoms with E-state index in [1.54, 1.807) is 66.0 Å². The molecule has 0 saturated carbocycles. The monoisotopic (exact) mass is 669 g/mol. The zero-order valence-corrected chi connectivity index (χ0v) is 27.7. The van der Waals surface area contributed by atoms with E-state index >= 15 is 0 Å². The van der Waals surface area contributed by atoms with Crippen molar-refractivity contribution in [1.82, 2.24) is 9.47 Å². The summed E-state index contributed by atoms with van der Waals surface area (Å²) in [5.74, 6) is 0.909. The lowest BCUT2D eigenvalue weighted by molar-refractivity contribution is -0.127. The summed E-state index contributed by atoms with van der Waals surface area (Å²) in [5, 5.41) is 1.50. The van der Waals surface area contributed by atoms with Crippen molar-refractivity contribution >= 4 is 58.1 Å². The van der Waals surface area contributed by atoms with E-state index < -0.39 is 6.04 Å². The summed E-state index contributed by atoms with van der Waals surface area (Å²) in [5.41, 5.74) is 2.75. The van der Waals surface area contributed by atoms with Crippen molar-refractivity contribution in [3.05, 3.63) is 123 Å². The van der Waals surface area contributed by atoms with Gasteiger partial charge in [-0.2, -0.15) is 0 Å². The van der Waals surface area contributed by atoms with Gasteiger partial charge in [-0.3, -0.25) is 14.2 Å². The second-order valence-electron chi connectivity index (χ2n) is 10.0. The van der Waals surface area contributed by atoms with Gasteiger partial charge in [0, 0.05) is 44.8 Å². The number of allylic oxidation sites excluding steroid dienone is 1. The van der Waals surface area contributed by atoms with Crippen LogP contribution in [0.3, 0.4) is 0 Å². The van der Waals surface area contributed by atoms with Gasteiger partial charge in [-0.25, -0.2) is 4.99 Å². The molecule has 1 aliphatic heterocycles. The number of hydrogen-bond donors (Lipinski definition) is 0. The molecule has 0 radical (unpaired) electrons. The Labute approximate surface area is 274 Å². The molecular weight excluding hydrogens is 641 g/mol. The number of amides is 1. The second kappa shape index (κ2) is 13.6. The molecule has 0 saturated heterocycles. The van der Waals surface area contributed by atoms with Gasteiger partial charge in [0.25, 0.3) is 11.5 Å². The maximum atomic E-state index is 14.2. The van der Waals surface area contributed by atoms with Gasteiger partial charge in [0.2, 0.25) is 0 Å². The van der Waals surface area contributed by atoms with Crippen LogP contribution in [0.25, 0.3) is 6.08 Å². The minimum atomic E-state index is -0.736. The van der Waals surface area contributed by atoms with Crippen LogP contribution in [0.4, 0.5) is 0 Å². The fourth-order valence-electron chi connectivity index (χ4n) is 5.16. The summed E-state index contributed by atoms with van der Waals surface area (Å²) in [6.07, 6.45) is 1.74. The van der Waals surface area contributed by atoms with E-state index in [0.29, 0.717) is 71.4 Å². The summed E-state index contributed by atoms with van der Waals surface area (Å²) in [4.78, 5) is 35.1. The molecule has 0 unspecified atom stereocenters. The summed E-state index contributed by atoms with van der Waals surface area (Å²) >= 11 is 20.0. The van der Waals surface area contributed by atoms with Crippen LogP contribution < -0.4 is 24.4 Å². The first kappa shape index (κ1) is 31.9. The van der Waals surface area contributed by atoms with Crippen LogP contribution >= 0.6 is 46.1 Å². The Bertz CT molecular complexity index is 1950. The van der Waals surface area contributed by atoms with Crippen LogP contribution in [0.15, 0.2) is 81.7 Å². The van der Waals surface area contributed by atoms with Gasteiger partial charge in [0.15, 0.2) is 4.80 Å². The first-order valence-electron chi connectivity index (χ1n) is 14.0. The molecule has 5 rings (SSSR count). The molecule has 44 heavy (non-hydrogen) atoms. The van der Waals surface area contributed by atoms with Gasteiger partial charge in [-0.1, -0.05) is 70.4 Å². The quantitative estimate of drug-likeness (QED) is 0.200. The molecule has 1 atom stereocenters. The normalized spacial score (nSPS) is 14.7. The number of benzene rings is 3. The zero-order chi connectivity index (χ0) is 31.5. The standard InChI is InChI=1S/C33H30Cl3N3O4S/c1-5-38(6-2)32(41)29-19(3)37-33-39(30(29)24-9-7-8-10-27(24)42-4)31(40)28(44-33)16-21-15-22(34)13-14-26(21)43-18-20-11-12-23(35)17-25(20)36/h7-17,30H,5-6,18H2,1-4H3/b28-16+/t30-/m0/s1. The van der Waals surface area contributed by atoms with Crippen LogP contribution in [0.1, 0.15) is 43.5 Å². The average Bonchev–Trinajstić information content (AvgIpc) is 3.31. The summed E-state index contributed by atoms with van der Waals surface area (Å²) in [7, 11) is 1.57. The lowest BCUT2D eigenvalue weighted by Crippen LogP contribution is -2.43. The summed E-state index contributed by atoms with van der Waals surface area (Å²) in [6.45, 7) is 6.89. The Balaban J connectivity index is 1.65. The average molecular weight is 671 g/mol. The van der Waals surface area contributed by atoms with Gasteiger partial charge < -0.3 is 14.4 Å². The summed E-state index contributed by atoms with van der Waals surface area (Å²) < 4.78 is 13.8. The molecule has 1 amide bonds. The van der Waals surface area contributed by atoms with Crippen LogP contribution in [0.2, 0.25) is 15.1 Å². The highest BCUT2D eigenvalue weighted by Crippen LogP contribution is 2.36. The number of aromatic nitrogens is 1. The minimum Gasteiger partial charge on any atom is -0.496 e. The maximum Gasteiger partial charge on any atom is 0.271 e. The molecule has 4 aromatic rings. The number of halogens is 3. The number of thiazole rings is 1. The number of likely N-dealkylation sites (N-methyl/N-ethyl adjacent to an activating group) is 1.